The molecule has 0 aliphatic carbocycles. The molecule has 2 rings (SSSR count). The van der Waals surface area contributed by atoms with Crippen molar-refractivity contribution in [3.63, 3.8) is 0 Å². The van der Waals surface area contributed by atoms with E-state index < -0.39 is 0 Å². The number of aromatic hydroxyl groups is 1. The van der Waals surface area contributed by atoms with Gasteiger partial charge in [0.1, 0.15) is 5.75 Å². The van der Waals surface area contributed by atoms with Crippen molar-refractivity contribution in [1.82, 2.24) is 0 Å². The lowest BCUT2D eigenvalue weighted by molar-refractivity contribution is 0.470. The van der Waals surface area contributed by atoms with Crippen LogP contribution in [0, 0.1) is 13.8 Å². The number of phenols is 1. The van der Waals surface area contributed by atoms with E-state index >= 15 is 0 Å². The Bertz CT molecular complexity index is 551. The van der Waals surface area contributed by atoms with Crippen molar-refractivity contribution in [2.24, 2.45) is 0 Å². The van der Waals surface area contributed by atoms with Crippen LogP contribution in [0.25, 0.3) is 0 Å². The second-order valence-electron chi connectivity index (χ2n) is 6.27. The van der Waals surface area contributed by atoms with Crippen LogP contribution in [0.1, 0.15) is 61.8 Å². The van der Waals surface area contributed by atoms with Gasteiger partial charge in [-0.3, -0.25) is 0 Å². The van der Waals surface area contributed by atoms with E-state index in [2.05, 4.69) is 65.0 Å². The van der Waals surface area contributed by atoms with Gasteiger partial charge in [0, 0.05) is 0 Å². The molecule has 0 fully saturated rings. The van der Waals surface area contributed by atoms with Crippen molar-refractivity contribution < 1.29 is 5.11 Å². The average molecular weight is 284 g/mol. The highest BCUT2D eigenvalue weighted by Gasteiger charge is 2.01. The Balaban J connectivity index is 0.000000211. The molecule has 0 aliphatic heterocycles. The van der Waals surface area contributed by atoms with E-state index in [0.717, 1.165) is 5.56 Å². The summed E-state index contributed by atoms with van der Waals surface area (Å²) in [5.74, 6) is 1.54. The van der Waals surface area contributed by atoms with Crippen molar-refractivity contribution >= 4 is 0 Å². The molecular formula is C20H28O. The molecule has 0 aromatic heterocycles. The summed E-state index contributed by atoms with van der Waals surface area (Å²) in [5, 5.41) is 9.35. The molecule has 114 valence electrons. The molecule has 0 saturated carbocycles. The van der Waals surface area contributed by atoms with Crippen molar-refractivity contribution in [1.29, 1.82) is 0 Å². The predicted molar refractivity (Wildman–Crippen MR) is 92.2 cm³/mol. The molecule has 0 radical (unpaired) electrons. The van der Waals surface area contributed by atoms with Gasteiger partial charge in [-0.25, -0.2) is 0 Å². The number of hydrogen-bond donors (Lipinski definition) is 1. The monoisotopic (exact) mass is 284 g/mol. The largest absolute Gasteiger partial charge is 0.508 e. The standard InChI is InChI=1S/C10H14O.C10H14/c1-7(2)9-5-4-8(3)10(11)6-9;1-8(2)10-6-4-9(3)5-7-10/h4-7,11H,1-3H3;4-8H,1-3H3. The Morgan fingerprint density at radius 3 is 1.62 bits per heavy atom. The maximum atomic E-state index is 9.35. The Kier molecular flexibility index (Phi) is 6.48. The van der Waals surface area contributed by atoms with E-state index in [1.54, 1.807) is 0 Å². The number of hydrogen-bond acceptors (Lipinski definition) is 1. The Hall–Kier alpha value is -1.76. The highest BCUT2D eigenvalue weighted by Crippen LogP contribution is 2.22. The molecule has 0 atom stereocenters. The van der Waals surface area contributed by atoms with E-state index in [1.807, 2.05) is 19.1 Å². The lowest BCUT2D eigenvalue weighted by Gasteiger charge is -2.06. The maximum Gasteiger partial charge on any atom is 0.118 e. The Labute approximate surface area is 129 Å². The molecule has 1 heteroatoms. The maximum absolute atomic E-state index is 9.35. The third-order valence-electron chi connectivity index (χ3n) is 3.64. The van der Waals surface area contributed by atoms with Gasteiger partial charge >= 0.3 is 0 Å². The van der Waals surface area contributed by atoms with E-state index in [9.17, 15) is 5.11 Å². The Morgan fingerprint density at radius 1 is 0.714 bits per heavy atom. The predicted octanol–water partition coefficient (Wildman–Crippen LogP) is 5.94. The van der Waals surface area contributed by atoms with E-state index in [0.29, 0.717) is 17.6 Å². The summed E-state index contributed by atoms with van der Waals surface area (Å²) in [4.78, 5) is 0. The van der Waals surface area contributed by atoms with Gasteiger partial charge < -0.3 is 5.11 Å². The molecule has 2 aromatic rings. The van der Waals surface area contributed by atoms with Crippen LogP contribution >= 0.6 is 0 Å². The minimum Gasteiger partial charge on any atom is -0.508 e. The molecule has 0 heterocycles. The minimum atomic E-state index is 0.399. The van der Waals surface area contributed by atoms with Crippen molar-refractivity contribution in [3.05, 3.63) is 64.7 Å². The average Bonchev–Trinajstić information content (AvgIpc) is 2.43. The normalized spacial score (nSPS) is 10.5. The first-order valence-corrected chi connectivity index (χ1v) is 7.67. The fourth-order valence-corrected chi connectivity index (χ4v) is 1.94. The van der Waals surface area contributed by atoms with Gasteiger partial charge in [0.25, 0.3) is 0 Å². The summed E-state index contributed by atoms with van der Waals surface area (Å²) in [6.07, 6.45) is 0. The van der Waals surface area contributed by atoms with Gasteiger partial charge in [-0.2, -0.15) is 0 Å². The fourth-order valence-electron chi connectivity index (χ4n) is 1.94. The van der Waals surface area contributed by atoms with Gasteiger partial charge in [-0.1, -0.05) is 69.7 Å². The van der Waals surface area contributed by atoms with E-state index in [1.165, 1.54) is 16.7 Å². The molecule has 0 saturated heterocycles. The van der Waals surface area contributed by atoms with Gasteiger partial charge in [0.05, 0.1) is 0 Å². The van der Waals surface area contributed by atoms with Crippen LogP contribution in [-0.4, -0.2) is 5.11 Å². The van der Waals surface area contributed by atoms with Gasteiger partial charge in [0.2, 0.25) is 0 Å². The minimum absolute atomic E-state index is 0.399. The zero-order valence-electron chi connectivity index (χ0n) is 14.1. The quantitative estimate of drug-likeness (QED) is 0.723. The molecule has 21 heavy (non-hydrogen) atoms. The first kappa shape index (κ1) is 17.3. The van der Waals surface area contributed by atoms with Crippen LogP contribution in [0.3, 0.4) is 0 Å². The Morgan fingerprint density at radius 2 is 1.19 bits per heavy atom. The molecule has 0 aliphatic rings. The smallest absolute Gasteiger partial charge is 0.118 e. The van der Waals surface area contributed by atoms with Crippen LogP contribution in [0.4, 0.5) is 0 Å². The number of phenolic OH excluding ortho intramolecular Hbond substituents is 1. The van der Waals surface area contributed by atoms with Crippen molar-refractivity contribution in [2.45, 2.75) is 53.4 Å². The zero-order chi connectivity index (χ0) is 16.0. The summed E-state index contributed by atoms with van der Waals surface area (Å²) in [5.41, 5.74) is 4.89. The summed E-state index contributed by atoms with van der Waals surface area (Å²) < 4.78 is 0. The van der Waals surface area contributed by atoms with Crippen LogP contribution in [0.15, 0.2) is 42.5 Å². The van der Waals surface area contributed by atoms with Crippen LogP contribution < -0.4 is 0 Å². The molecule has 1 N–H and O–H groups in total. The van der Waals surface area contributed by atoms with Crippen molar-refractivity contribution in [2.75, 3.05) is 0 Å². The number of rotatable bonds is 2. The second-order valence-corrected chi connectivity index (χ2v) is 6.27. The molecular weight excluding hydrogens is 256 g/mol. The summed E-state index contributed by atoms with van der Waals surface area (Å²) in [7, 11) is 0. The van der Waals surface area contributed by atoms with Crippen LogP contribution in [0.5, 0.6) is 5.75 Å². The highest BCUT2D eigenvalue weighted by atomic mass is 16.3. The first-order chi connectivity index (χ1) is 9.81. The van der Waals surface area contributed by atoms with Crippen LogP contribution in [0.2, 0.25) is 0 Å². The number of benzene rings is 2. The van der Waals surface area contributed by atoms with Gasteiger partial charge in [-0.05, 0) is 48.4 Å². The molecule has 0 unspecified atom stereocenters. The van der Waals surface area contributed by atoms with Crippen LogP contribution in [-0.2, 0) is 0 Å². The van der Waals surface area contributed by atoms with E-state index in [-0.39, 0.29) is 0 Å². The molecule has 2 aromatic carbocycles. The topological polar surface area (TPSA) is 20.2 Å². The first-order valence-electron chi connectivity index (χ1n) is 7.67. The second kappa shape index (κ2) is 7.87. The molecule has 0 amide bonds. The molecule has 0 spiro atoms. The zero-order valence-corrected chi connectivity index (χ0v) is 14.1. The SMILES string of the molecule is Cc1ccc(C(C)C)cc1.Cc1ccc(C(C)C)cc1O. The molecule has 0 bridgehead atoms. The fraction of sp³-hybridized carbons (Fsp3) is 0.400. The van der Waals surface area contributed by atoms with Gasteiger partial charge in [-0.15, -0.1) is 0 Å². The number of aryl methyl sites for hydroxylation is 2. The third kappa shape index (κ3) is 5.63. The van der Waals surface area contributed by atoms with Crippen molar-refractivity contribution in [3.8, 4) is 5.75 Å². The summed E-state index contributed by atoms with van der Waals surface area (Å²) in [6, 6.07) is 14.6. The third-order valence-corrected chi connectivity index (χ3v) is 3.64. The highest BCUT2D eigenvalue weighted by molar-refractivity contribution is 5.36. The van der Waals surface area contributed by atoms with E-state index in [4.69, 9.17) is 0 Å². The molecule has 1 nitrogen and oxygen atoms in total. The lowest BCUT2D eigenvalue weighted by Crippen LogP contribution is -1.86. The summed E-state index contributed by atoms with van der Waals surface area (Å²) in [6.45, 7) is 12.7. The van der Waals surface area contributed by atoms with Gasteiger partial charge in [0.15, 0.2) is 0 Å². The summed E-state index contributed by atoms with van der Waals surface area (Å²) >= 11 is 0. The lowest BCUT2D eigenvalue weighted by atomic mass is 10.0.